The molecule has 4 nitrogen and oxygen atoms in total. The number of carbonyl (C=O) groups excluding carboxylic acids is 1. The third-order valence-corrected chi connectivity index (χ3v) is 5.21. The fourth-order valence-electron chi connectivity index (χ4n) is 3.75. The van der Waals surface area contributed by atoms with E-state index in [4.69, 9.17) is 0 Å². The summed E-state index contributed by atoms with van der Waals surface area (Å²) in [5.41, 5.74) is 1.32. The molecule has 1 heterocycles. The standard InChI is InChI=1S/C18H23NO3/c1-12-15(18(21)22)8-5-9-19(12)17(20)11-14-10-16(14)13-6-3-2-4-7-13/h2-4,6-7,12,14-16H,5,8-11H2,1H3,(H,21,22)/t12-,14+,15-,16+/m1/s1. The number of amides is 1. The third-order valence-electron chi connectivity index (χ3n) is 5.21. The second-order valence-electron chi connectivity index (χ2n) is 6.63. The number of aliphatic carboxylic acids is 1. The first-order valence-corrected chi connectivity index (χ1v) is 8.15. The number of carbonyl (C=O) groups is 2. The Morgan fingerprint density at radius 2 is 2.00 bits per heavy atom. The van der Waals surface area contributed by atoms with Crippen LogP contribution in [0.5, 0.6) is 0 Å². The average molecular weight is 301 g/mol. The minimum atomic E-state index is -0.779. The quantitative estimate of drug-likeness (QED) is 0.930. The molecule has 0 unspecified atom stereocenters. The van der Waals surface area contributed by atoms with Crippen molar-refractivity contribution in [2.24, 2.45) is 11.8 Å². The molecule has 118 valence electrons. The van der Waals surface area contributed by atoms with E-state index in [-0.39, 0.29) is 11.9 Å². The lowest BCUT2D eigenvalue weighted by Crippen LogP contribution is -2.49. The highest BCUT2D eigenvalue weighted by Crippen LogP contribution is 2.49. The molecule has 1 aromatic carbocycles. The minimum absolute atomic E-state index is 0.127. The van der Waals surface area contributed by atoms with Crippen molar-refractivity contribution >= 4 is 11.9 Å². The molecule has 1 saturated heterocycles. The van der Waals surface area contributed by atoms with Gasteiger partial charge in [-0.05, 0) is 43.6 Å². The first-order valence-electron chi connectivity index (χ1n) is 8.15. The predicted octanol–water partition coefficient (Wildman–Crippen LogP) is 2.89. The van der Waals surface area contributed by atoms with Crippen LogP contribution in [0.15, 0.2) is 30.3 Å². The average Bonchev–Trinajstić information content (AvgIpc) is 3.27. The van der Waals surface area contributed by atoms with Gasteiger partial charge in [-0.1, -0.05) is 30.3 Å². The number of hydrogen-bond acceptors (Lipinski definition) is 2. The maximum Gasteiger partial charge on any atom is 0.308 e. The van der Waals surface area contributed by atoms with Crippen molar-refractivity contribution in [1.29, 1.82) is 0 Å². The van der Waals surface area contributed by atoms with Gasteiger partial charge < -0.3 is 10.0 Å². The molecule has 1 aromatic rings. The van der Waals surface area contributed by atoms with Crippen LogP contribution in [0, 0.1) is 11.8 Å². The van der Waals surface area contributed by atoms with Crippen LogP contribution in [0.1, 0.15) is 44.1 Å². The van der Waals surface area contributed by atoms with E-state index in [9.17, 15) is 14.7 Å². The number of carboxylic acid groups (broad SMARTS) is 1. The number of carboxylic acids is 1. The van der Waals surface area contributed by atoms with Crippen molar-refractivity contribution in [1.82, 2.24) is 4.90 Å². The summed E-state index contributed by atoms with van der Waals surface area (Å²) in [7, 11) is 0. The smallest absolute Gasteiger partial charge is 0.308 e. The lowest BCUT2D eigenvalue weighted by atomic mass is 9.90. The molecule has 1 aliphatic heterocycles. The van der Waals surface area contributed by atoms with E-state index in [2.05, 4.69) is 12.1 Å². The maximum atomic E-state index is 12.5. The Balaban J connectivity index is 1.58. The van der Waals surface area contributed by atoms with E-state index < -0.39 is 11.9 Å². The summed E-state index contributed by atoms with van der Waals surface area (Å²) in [5.74, 6) is -0.143. The zero-order chi connectivity index (χ0) is 15.7. The Kier molecular flexibility index (Phi) is 4.19. The first kappa shape index (κ1) is 15.1. The van der Waals surface area contributed by atoms with Crippen LogP contribution in [0.4, 0.5) is 0 Å². The maximum absolute atomic E-state index is 12.5. The number of likely N-dealkylation sites (tertiary alicyclic amines) is 1. The Hall–Kier alpha value is -1.84. The van der Waals surface area contributed by atoms with Gasteiger partial charge in [0.2, 0.25) is 5.91 Å². The van der Waals surface area contributed by atoms with Gasteiger partial charge in [0.25, 0.3) is 0 Å². The van der Waals surface area contributed by atoms with E-state index in [0.29, 0.717) is 31.2 Å². The summed E-state index contributed by atoms with van der Waals surface area (Å²) in [6.45, 7) is 2.57. The topological polar surface area (TPSA) is 57.6 Å². The highest BCUT2D eigenvalue weighted by molar-refractivity contribution is 5.79. The number of piperidine rings is 1. The molecule has 4 atom stereocenters. The number of hydrogen-bond donors (Lipinski definition) is 1. The van der Waals surface area contributed by atoms with Crippen LogP contribution in [-0.2, 0) is 9.59 Å². The zero-order valence-electron chi connectivity index (χ0n) is 12.9. The van der Waals surface area contributed by atoms with Crippen LogP contribution >= 0.6 is 0 Å². The fourth-order valence-corrected chi connectivity index (χ4v) is 3.75. The van der Waals surface area contributed by atoms with Crippen LogP contribution < -0.4 is 0 Å². The molecule has 2 fully saturated rings. The van der Waals surface area contributed by atoms with Crippen molar-refractivity contribution in [3.63, 3.8) is 0 Å². The molecule has 0 aromatic heterocycles. The molecular formula is C18H23NO3. The Labute approximate surface area is 131 Å². The van der Waals surface area contributed by atoms with Gasteiger partial charge in [-0.25, -0.2) is 0 Å². The molecule has 1 N–H and O–H groups in total. The summed E-state index contributed by atoms with van der Waals surface area (Å²) in [6, 6.07) is 10.1. The van der Waals surface area contributed by atoms with Crippen molar-refractivity contribution in [2.45, 2.75) is 44.6 Å². The van der Waals surface area contributed by atoms with E-state index in [1.807, 2.05) is 25.1 Å². The molecule has 1 aliphatic carbocycles. The normalized spacial score (nSPS) is 30.9. The van der Waals surface area contributed by atoms with Gasteiger partial charge in [-0.3, -0.25) is 9.59 Å². The predicted molar refractivity (Wildman–Crippen MR) is 83.4 cm³/mol. The number of nitrogens with zero attached hydrogens (tertiary/aromatic N) is 1. The minimum Gasteiger partial charge on any atom is -0.481 e. The molecule has 3 rings (SSSR count). The van der Waals surface area contributed by atoms with Crippen molar-refractivity contribution in [3.8, 4) is 0 Å². The third kappa shape index (κ3) is 3.01. The van der Waals surface area contributed by atoms with Crippen LogP contribution in [0.25, 0.3) is 0 Å². The van der Waals surface area contributed by atoms with Gasteiger partial charge in [0, 0.05) is 19.0 Å². The molecule has 1 saturated carbocycles. The van der Waals surface area contributed by atoms with E-state index in [0.717, 1.165) is 12.8 Å². The zero-order valence-corrected chi connectivity index (χ0v) is 12.9. The summed E-state index contributed by atoms with van der Waals surface area (Å²) in [5, 5.41) is 9.26. The molecule has 4 heteroatoms. The van der Waals surface area contributed by atoms with Gasteiger partial charge in [0.1, 0.15) is 0 Å². The van der Waals surface area contributed by atoms with Crippen molar-refractivity contribution in [2.75, 3.05) is 6.54 Å². The molecule has 1 amide bonds. The molecular weight excluding hydrogens is 278 g/mol. The van der Waals surface area contributed by atoms with E-state index in [1.54, 1.807) is 4.90 Å². The van der Waals surface area contributed by atoms with E-state index in [1.165, 1.54) is 5.56 Å². The molecule has 0 bridgehead atoms. The Morgan fingerprint density at radius 1 is 1.27 bits per heavy atom. The highest BCUT2D eigenvalue weighted by atomic mass is 16.4. The van der Waals surface area contributed by atoms with Gasteiger partial charge in [0.15, 0.2) is 0 Å². The first-order chi connectivity index (χ1) is 10.6. The summed E-state index contributed by atoms with van der Waals surface area (Å²) in [6.07, 6.45) is 3.09. The van der Waals surface area contributed by atoms with Gasteiger partial charge >= 0.3 is 5.97 Å². The molecule has 0 spiro atoms. The second kappa shape index (κ2) is 6.11. The van der Waals surface area contributed by atoms with Gasteiger partial charge in [-0.2, -0.15) is 0 Å². The van der Waals surface area contributed by atoms with E-state index >= 15 is 0 Å². The molecule has 22 heavy (non-hydrogen) atoms. The largest absolute Gasteiger partial charge is 0.481 e. The Bertz CT molecular complexity index is 557. The van der Waals surface area contributed by atoms with Crippen molar-refractivity contribution < 1.29 is 14.7 Å². The van der Waals surface area contributed by atoms with Gasteiger partial charge in [0.05, 0.1) is 5.92 Å². The number of rotatable bonds is 4. The summed E-state index contributed by atoms with van der Waals surface area (Å²) >= 11 is 0. The molecule has 2 aliphatic rings. The van der Waals surface area contributed by atoms with Crippen LogP contribution in [0.3, 0.4) is 0 Å². The lowest BCUT2D eigenvalue weighted by molar-refractivity contribution is -0.149. The van der Waals surface area contributed by atoms with Crippen molar-refractivity contribution in [3.05, 3.63) is 35.9 Å². The Morgan fingerprint density at radius 3 is 2.68 bits per heavy atom. The van der Waals surface area contributed by atoms with Gasteiger partial charge in [-0.15, -0.1) is 0 Å². The monoisotopic (exact) mass is 301 g/mol. The highest BCUT2D eigenvalue weighted by Gasteiger charge is 2.42. The summed E-state index contributed by atoms with van der Waals surface area (Å²) in [4.78, 5) is 25.6. The second-order valence-corrected chi connectivity index (χ2v) is 6.63. The summed E-state index contributed by atoms with van der Waals surface area (Å²) < 4.78 is 0. The number of benzene rings is 1. The lowest BCUT2D eigenvalue weighted by Gasteiger charge is -2.37. The molecule has 0 radical (unpaired) electrons. The van der Waals surface area contributed by atoms with Crippen LogP contribution in [-0.4, -0.2) is 34.5 Å². The fraction of sp³-hybridized carbons (Fsp3) is 0.556. The SMILES string of the molecule is C[C@@H]1[C@H](C(=O)O)CCCN1C(=O)C[C@@H]1C[C@H]1c1ccccc1. The van der Waals surface area contributed by atoms with Crippen LogP contribution in [0.2, 0.25) is 0 Å².